The first-order chi connectivity index (χ1) is 15.0. The SMILES string of the molecule is Cc1ccc2c(c1)-c1cc(-c3ccccc3)nn1/C(=C/C(=O)c1ccc(C)c(C)c1)S2. The third-order valence-electron chi connectivity index (χ3n) is 5.66. The Balaban J connectivity index is 1.64. The molecule has 1 aliphatic heterocycles. The maximum atomic E-state index is 13.1. The molecule has 31 heavy (non-hydrogen) atoms. The van der Waals surface area contributed by atoms with Gasteiger partial charge in [-0.1, -0.05) is 65.9 Å². The first-order valence-electron chi connectivity index (χ1n) is 10.3. The summed E-state index contributed by atoms with van der Waals surface area (Å²) in [5.41, 5.74) is 8.31. The fraction of sp³-hybridized carbons (Fsp3) is 0.111. The molecule has 0 radical (unpaired) electrons. The minimum atomic E-state index is -0.0103. The van der Waals surface area contributed by atoms with Crippen molar-refractivity contribution < 1.29 is 4.79 Å². The molecule has 0 unspecified atom stereocenters. The van der Waals surface area contributed by atoms with Crippen LogP contribution in [0.5, 0.6) is 0 Å². The lowest BCUT2D eigenvalue weighted by molar-refractivity contribution is 0.104. The molecule has 3 aromatic carbocycles. The van der Waals surface area contributed by atoms with Gasteiger partial charge in [-0.2, -0.15) is 5.10 Å². The molecule has 2 heterocycles. The Labute approximate surface area is 186 Å². The Morgan fingerprint density at radius 1 is 0.903 bits per heavy atom. The van der Waals surface area contributed by atoms with Crippen molar-refractivity contribution in [3.8, 4) is 22.5 Å². The normalized spacial score (nSPS) is 13.7. The number of nitrogens with zero attached hydrogens (tertiary/aromatic N) is 2. The van der Waals surface area contributed by atoms with Gasteiger partial charge in [-0.3, -0.25) is 4.79 Å². The second-order valence-electron chi connectivity index (χ2n) is 7.94. The molecule has 0 amide bonds. The smallest absolute Gasteiger partial charge is 0.188 e. The van der Waals surface area contributed by atoms with Crippen LogP contribution in [0.25, 0.3) is 27.5 Å². The highest BCUT2D eigenvalue weighted by molar-refractivity contribution is 8.08. The minimum Gasteiger partial charge on any atom is -0.289 e. The van der Waals surface area contributed by atoms with E-state index in [-0.39, 0.29) is 5.78 Å². The molecule has 0 saturated carbocycles. The second kappa shape index (κ2) is 7.71. The number of allylic oxidation sites excluding steroid dienone is 1. The molecule has 0 aliphatic carbocycles. The van der Waals surface area contributed by atoms with Gasteiger partial charge in [-0.05, 0) is 56.2 Å². The van der Waals surface area contributed by atoms with E-state index in [0.717, 1.165) is 38.0 Å². The fourth-order valence-electron chi connectivity index (χ4n) is 3.76. The van der Waals surface area contributed by atoms with E-state index in [9.17, 15) is 4.79 Å². The highest BCUT2D eigenvalue weighted by Crippen LogP contribution is 2.45. The largest absolute Gasteiger partial charge is 0.289 e. The van der Waals surface area contributed by atoms with E-state index >= 15 is 0 Å². The van der Waals surface area contributed by atoms with Gasteiger partial charge in [0.15, 0.2) is 5.78 Å². The summed E-state index contributed by atoms with van der Waals surface area (Å²) in [5.74, 6) is -0.0103. The summed E-state index contributed by atoms with van der Waals surface area (Å²) in [4.78, 5) is 14.2. The molecule has 1 aromatic heterocycles. The third-order valence-corrected chi connectivity index (χ3v) is 6.74. The van der Waals surface area contributed by atoms with Gasteiger partial charge in [-0.25, -0.2) is 4.68 Å². The van der Waals surface area contributed by atoms with Gasteiger partial charge in [0.05, 0.1) is 11.4 Å². The Morgan fingerprint density at radius 3 is 2.48 bits per heavy atom. The number of carbonyl (C=O) groups excluding carboxylic acids is 1. The van der Waals surface area contributed by atoms with E-state index in [2.05, 4.69) is 50.2 Å². The lowest BCUT2D eigenvalue weighted by atomic mass is 10.0. The van der Waals surface area contributed by atoms with Crippen molar-refractivity contribution in [3.63, 3.8) is 0 Å². The summed E-state index contributed by atoms with van der Waals surface area (Å²) < 4.78 is 1.91. The van der Waals surface area contributed by atoms with E-state index in [1.54, 1.807) is 17.8 Å². The zero-order valence-corrected chi connectivity index (χ0v) is 18.5. The first kappa shape index (κ1) is 19.6. The summed E-state index contributed by atoms with van der Waals surface area (Å²) in [7, 11) is 0. The Morgan fingerprint density at radius 2 is 1.71 bits per heavy atom. The van der Waals surface area contributed by atoms with Crippen molar-refractivity contribution in [3.05, 3.63) is 101 Å². The van der Waals surface area contributed by atoms with E-state index in [1.165, 1.54) is 11.1 Å². The molecule has 0 N–H and O–H groups in total. The van der Waals surface area contributed by atoms with E-state index in [4.69, 9.17) is 5.10 Å². The number of fused-ring (bicyclic) bond motifs is 3. The minimum absolute atomic E-state index is 0.0103. The highest BCUT2D eigenvalue weighted by atomic mass is 32.2. The Bertz CT molecular complexity index is 1350. The molecule has 152 valence electrons. The quantitative estimate of drug-likeness (QED) is 0.265. The third kappa shape index (κ3) is 3.64. The van der Waals surface area contributed by atoms with Gasteiger partial charge < -0.3 is 0 Å². The van der Waals surface area contributed by atoms with Crippen LogP contribution in [0, 0.1) is 20.8 Å². The molecule has 0 atom stereocenters. The number of hydrogen-bond donors (Lipinski definition) is 0. The maximum absolute atomic E-state index is 13.1. The van der Waals surface area contributed by atoms with Gasteiger partial charge in [0.1, 0.15) is 5.03 Å². The zero-order chi connectivity index (χ0) is 21.5. The molecule has 1 aliphatic rings. The van der Waals surface area contributed by atoms with Crippen LogP contribution in [0.1, 0.15) is 27.0 Å². The zero-order valence-electron chi connectivity index (χ0n) is 17.7. The van der Waals surface area contributed by atoms with Crippen molar-refractivity contribution in [1.82, 2.24) is 9.78 Å². The van der Waals surface area contributed by atoms with Gasteiger partial charge in [0.25, 0.3) is 0 Å². The van der Waals surface area contributed by atoms with Crippen LogP contribution in [-0.2, 0) is 0 Å². The number of rotatable bonds is 3. The summed E-state index contributed by atoms with van der Waals surface area (Å²) in [6, 6.07) is 24.5. The van der Waals surface area contributed by atoms with Gasteiger partial charge >= 0.3 is 0 Å². The predicted molar refractivity (Wildman–Crippen MR) is 128 cm³/mol. The van der Waals surface area contributed by atoms with Crippen LogP contribution in [0.2, 0.25) is 0 Å². The fourth-order valence-corrected chi connectivity index (χ4v) is 4.79. The van der Waals surface area contributed by atoms with Gasteiger partial charge in [0, 0.05) is 27.7 Å². The summed E-state index contributed by atoms with van der Waals surface area (Å²) >= 11 is 1.59. The number of hydrogen-bond acceptors (Lipinski definition) is 3. The van der Waals surface area contributed by atoms with Gasteiger partial charge in [0.2, 0.25) is 0 Å². The number of carbonyl (C=O) groups is 1. The van der Waals surface area contributed by atoms with E-state index < -0.39 is 0 Å². The number of aromatic nitrogens is 2. The molecule has 3 nitrogen and oxygen atoms in total. The van der Waals surface area contributed by atoms with Crippen LogP contribution in [-0.4, -0.2) is 15.6 Å². The molecule has 0 bridgehead atoms. The summed E-state index contributed by atoms with van der Waals surface area (Å²) in [6.07, 6.45) is 1.71. The molecule has 4 aromatic rings. The van der Waals surface area contributed by atoms with Crippen LogP contribution in [0.4, 0.5) is 0 Å². The molecule has 0 saturated heterocycles. The van der Waals surface area contributed by atoms with Gasteiger partial charge in [-0.15, -0.1) is 0 Å². The van der Waals surface area contributed by atoms with Crippen molar-refractivity contribution in [2.24, 2.45) is 0 Å². The molecular weight excluding hydrogens is 400 g/mol. The lowest BCUT2D eigenvalue weighted by Gasteiger charge is -2.20. The maximum Gasteiger partial charge on any atom is 0.188 e. The molecule has 0 spiro atoms. The van der Waals surface area contributed by atoms with Crippen LogP contribution < -0.4 is 0 Å². The summed E-state index contributed by atoms with van der Waals surface area (Å²) in [6.45, 7) is 6.18. The summed E-state index contributed by atoms with van der Waals surface area (Å²) in [5, 5.41) is 5.70. The van der Waals surface area contributed by atoms with Crippen LogP contribution in [0.3, 0.4) is 0 Å². The van der Waals surface area contributed by atoms with Crippen molar-refractivity contribution in [1.29, 1.82) is 0 Å². The van der Waals surface area contributed by atoms with Crippen molar-refractivity contribution >= 4 is 22.6 Å². The van der Waals surface area contributed by atoms with E-state index in [1.807, 2.05) is 48.0 Å². The van der Waals surface area contributed by atoms with Crippen molar-refractivity contribution in [2.75, 3.05) is 0 Å². The number of thioether (sulfide) groups is 1. The van der Waals surface area contributed by atoms with Crippen LogP contribution >= 0.6 is 11.8 Å². The Kier molecular flexibility index (Phi) is 4.87. The average Bonchev–Trinajstić information content (AvgIpc) is 3.23. The number of aryl methyl sites for hydroxylation is 3. The monoisotopic (exact) mass is 422 g/mol. The molecular formula is C27H22N2OS. The molecule has 5 rings (SSSR count). The standard InChI is InChI=1S/C27H22N2OS/c1-17-9-12-26-22(13-17)24-15-23(20-7-5-4-6-8-20)28-29(24)27(31-26)16-25(30)21-11-10-18(2)19(3)14-21/h4-16H,1-3H3/b27-16-. The van der Waals surface area contributed by atoms with Crippen LogP contribution in [0.15, 0.2) is 83.8 Å². The van der Waals surface area contributed by atoms with Crippen molar-refractivity contribution in [2.45, 2.75) is 25.7 Å². The number of ketones is 1. The van der Waals surface area contributed by atoms with E-state index in [0.29, 0.717) is 5.56 Å². The second-order valence-corrected chi connectivity index (χ2v) is 9.00. The molecule has 4 heteroatoms. The highest BCUT2D eigenvalue weighted by Gasteiger charge is 2.24. The lowest BCUT2D eigenvalue weighted by Crippen LogP contribution is -2.07. The first-order valence-corrected chi connectivity index (χ1v) is 11.1. The number of benzene rings is 3. The predicted octanol–water partition coefficient (Wildman–Crippen LogP) is 6.93. The topological polar surface area (TPSA) is 34.9 Å². The Hall–Kier alpha value is -3.37. The molecule has 0 fully saturated rings. The average molecular weight is 423 g/mol.